The van der Waals surface area contributed by atoms with E-state index in [0.717, 1.165) is 22.3 Å². The van der Waals surface area contributed by atoms with Crippen LogP contribution in [0.15, 0.2) is 36.7 Å². The number of fused-ring (bicyclic) bond motifs is 2. The molecule has 0 aliphatic carbocycles. The number of alkyl halides is 3. The smallest absolute Gasteiger partial charge is 0.385 e. The molecular weight excluding hydrogens is 405 g/mol. The molecule has 1 atom stereocenters. The van der Waals surface area contributed by atoms with Crippen molar-refractivity contribution in [1.82, 2.24) is 19.7 Å². The summed E-state index contributed by atoms with van der Waals surface area (Å²) in [5, 5.41) is 16.0. The molecule has 0 bridgehead atoms. The molecule has 0 radical (unpaired) electrons. The number of aryl methyl sites for hydroxylation is 1. The summed E-state index contributed by atoms with van der Waals surface area (Å²) in [6.45, 7) is -0.222. The maximum absolute atomic E-state index is 13.6. The Hall–Kier alpha value is -2.56. The summed E-state index contributed by atoms with van der Waals surface area (Å²) in [7, 11) is 3.09. The largest absolute Gasteiger partial charge is 0.422 e. The fourth-order valence-corrected chi connectivity index (χ4v) is 4.28. The van der Waals surface area contributed by atoms with Crippen LogP contribution in [0.1, 0.15) is 11.3 Å². The molecule has 4 heterocycles. The zero-order valence-corrected chi connectivity index (χ0v) is 16.4. The van der Waals surface area contributed by atoms with Crippen molar-refractivity contribution >= 4 is 32.6 Å². The summed E-state index contributed by atoms with van der Waals surface area (Å²) >= 11 is 0.825. The van der Waals surface area contributed by atoms with Crippen molar-refractivity contribution in [1.29, 1.82) is 0 Å². The zero-order valence-electron chi connectivity index (χ0n) is 15.6. The van der Waals surface area contributed by atoms with Crippen molar-refractivity contribution in [3.8, 4) is 11.3 Å². The van der Waals surface area contributed by atoms with Crippen LogP contribution in [0.3, 0.4) is 0 Å². The number of halogens is 3. The molecule has 0 aliphatic heterocycles. The lowest BCUT2D eigenvalue weighted by molar-refractivity contribution is -0.270. The lowest BCUT2D eigenvalue weighted by Gasteiger charge is -2.29. The molecule has 4 aromatic heterocycles. The van der Waals surface area contributed by atoms with Crippen molar-refractivity contribution in [3.05, 3.63) is 41.5 Å². The first-order valence-corrected chi connectivity index (χ1v) is 9.52. The quantitative estimate of drug-likeness (QED) is 0.526. The van der Waals surface area contributed by atoms with Crippen LogP contribution in [0.2, 0.25) is 0 Å². The van der Waals surface area contributed by atoms with Gasteiger partial charge in [-0.1, -0.05) is 0 Å². The van der Waals surface area contributed by atoms with Crippen LogP contribution in [0.4, 0.5) is 13.2 Å². The van der Waals surface area contributed by atoms with Crippen molar-refractivity contribution in [2.75, 3.05) is 13.7 Å². The highest BCUT2D eigenvalue weighted by molar-refractivity contribution is 7.18. The minimum absolute atomic E-state index is 0.206. The number of rotatable bonds is 5. The van der Waals surface area contributed by atoms with E-state index in [9.17, 15) is 18.3 Å². The minimum Gasteiger partial charge on any atom is -0.385 e. The number of hydrogen-bond donors (Lipinski definition) is 1. The lowest BCUT2D eigenvalue weighted by Crippen LogP contribution is -2.42. The third kappa shape index (κ3) is 3.47. The minimum atomic E-state index is -4.83. The molecule has 0 fully saturated rings. The molecular formula is C19H17F3N4O2S. The van der Waals surface area contributed by atoms with E-state index in [2.05, 4.69) is 15.1 Å². The molecule has 4 rings (SSSR count). The summed E-state index contributed by atoms with van der Waals surface area (Å²) in [6, 6.07) is 6.63. The van der Waals surface area contributed by atoms with E-state index in [-0.39, 0.29) is 11.5 Å². The van der Waals surface area contributed by atoms with Gasteiger partial charge in [-0.25, -0.2) is 9.97 Å². The average Bonchev–Trinajstić information content (AvgIpc) is 3.26. The van der Waals surface area contributed by atoms with Gasteiger partial charge in [0.05, 0.1) is 5.69 Å². The normalized spacial score (nSPS) is 14.6. The molecule has 0 unspecified atom stereocenters. The number of ether oxygens (including phenoxy) is 1. The van der Waals surface area contributed by atoms with Gasteiger partial charge in [0.25, 0.3) is 0 Å². The Kier molecular flexibility index (Phi) is 4.80. The molecule has 0 saturated carbocycles. The van der Waals surface area contributed by atoms with E-state index < -0.39 is 18.2 Å². The summed E-state index contributed by atoms with van der Waals surface area (Å²) in [4.78, 5) is 9.00. The molecule has 4 aromatic rings. The SMILES string of the molecule is COCC[C@](O)(c1cc2ccc(-c3cnc4nn(C)cc4c3)nc2s1)C(F)(F)F. The van der Waals surface area contributed by atoms with Gasteiger partial charge in [0.15, 0.2) is 11.2 Å². The third-order valence-electron chi connectivity index (χ3n) is 4.70. The lowest BCUT2D eigenvalue weighted by atomic mass is 9.97. The second-order valence-electron chi connectivity index (χ2n) is 6.74. The van der Waals surface area contributed by atoms with E-state index in [0.29, 0.717) is 21.6 Å². The third-order valence-corrected chi connectivity index (χ3v) is 5.89. The van der Waals surface area contributed by atoms with Gasteiger partial charge in [-0.2, -0.15) is 18.3 Å². The van der Waals surface area contributed by atoms with Crippen LogP contribution in [0.5, 0.6) is 0 Å². The monoisotopic (exact) mass is 422 g/mol. The number of aromatic nitrogens is 4. The second kappa shape index (κ2) is 7.05. The molecule has 0 amide bonds. The number of nitrogens with zero attached hydrogens (tertiary/aromatic N) is 4. The van der Waals surface area contributed by atoms with Gasteiger partial charge in [-0.05, 0) is 24.3 Å². The molecule has 0 spiro atoms. The molecule has 0 aromatic carbocycles. The zero-order chi connectivity index (χ0) is 20.8. The van der Waals surface area contributed by atoms with E-state index in [1.807, 2.05) is 12.3 Å². The van der Waals surface area contributed by atoms with Gasteiger partial charge in [0.2, 0.25) is 0 Å². The van der Waals surface area contributed by atoms with Crippen molar-refractivity contribution < 1.29 is 23.0 Å². The van der Waals surface area contributed by atoms with Crippen LogP contribution in [-0.4, -0.2) is 44.7 Å². The predicted octanol–water partition coefficient (Wildman–Crippen LogP) is 4.03. The number of pyridine rings is 2. The Labute approximate surface area is 167 Å². The van der Waals surface area contributed by atoms with E-state index in [4.69, 9.17) is 4.74 Å². The first kappa shape index (κ1) is 19.7. The number of thiophene rings is 1. The molecule has 0 aliphatic rings. The summed E-state index contributed by atoms with van der Waals surface area (Å²) in [5.74, 6) is 0. The van der Waals surface area contributed by atoms with Gasteiger partial charge in [0.1, 0.15) is 4.83 Å². The van der Waals surface area contributed by atoms with E-state index in [1.165, 1.54) is 13.2 Å². The van der Waals surface area contributed by atoms with Crippen LogP contribution in [0, 0.1) is 0 Å². The van der Waals surface area contributed by atoms with Gasteiger partial charge in [0, 0.05) is 60.8 Å². The van der Waals surface area contributed by atoms with Crippen molar-refractivity contribution in [2.24, 2.45) is 7.05 Å². The Morgan fingerprint density at radius 1 is 1.21 bits per heavy atom. The van der Waals surface area contributed by atoms with Gasteiger partial charge >= 0.3 is 6.18 Å². The van der Waals surface area contributed by atoms with Crippen LogP contribution >= 0.6 is 11.3 Å². The summed E-state index contributed by atoms with van der Waals surface area (Å²) in [5.41, 5.74) is -1.07. The molecule has 29 heavy (non-hydrogen) atoms. The highest BCUT2D eigenvalue weighted by Crippen LogP contribution is 2.45. The number of hydrogen-bond acceptors (Lipinski definition) is 6. The topological polar surface area (TPSA) is 73.1 Å². The standard InChI is InChI=1S/C19H17F3N4O2S/c1-26-10-13-7-12(9-23-16(13)25-26)14-4-3-11-8-15(29-17(11)24-14)18(27,5-6-28-2)19(20,21)22/h3-4,7-10,27H,5-6H2,1-2H3/t18-/m0/s1. The van der Waals surface area contributed by atoms with Crippen LogP contribution in [0.25, 0.3) is 32.5 Å². The Morgan fingerprint density at radius 3 is 2.72 bits per heavy atom. The van der Waals surface area contributed by atoms with E-state index in [1.54, 1.807) is 30.1 Å². The first-order chi connectivity index (χ1) is 13.7. The molecule has 6 nitrogen and oxygen atoms in total. The summed E-state index contributed by atoms with van der Waals surface area (Å²) < 4.78 is 47.2. The molecule has 1 N–H and O–H groups in total. The fraction of sp³-hybridized carbons (Fsp3) is 0.316. The van der Waals surface area contributed by atoms with Gasteiger partial charge in [-0.3, -0.25) is 4.68 Å². The average molecular weight is 422 g/mol. The van der Waals surface area contributed by atoms with Gasteiger partial charge < -0.3 is 9.84 Å². The predicted molar refractivity (Wildman–Crippen MR) is 104 cm³/mol. The Balaban J connectivity index is 1.76. The van der Waals surface area contributed by atoms with Crippen molar-refractivity contribution in [3.63, 3.8) is 0 Å². The molecule has 10 heteroatoms. The van der Waals surface area contributed by atoms with Gasteiger partial charge in [-0.15, -0.1) is 11.3 Å². The van der Waals surface area contributed by atoms with Crippen molar-refractivity contribution in [2.45, 2.75) is 18.2 Å². The summed E-state index contributed by atoms with van der Waals surface area (Å²) in [6.07, 6.45) is -1.96. The number of aliphatic hydroxyl groups is 1. The van der Waals surface area contributed by atoms with E-state index >= 15 is 0 Å². The highest BCUT2D eigenvalue weighted by Gasteiger charge is 2.55. The second-order valence-corrected chi connectivity index (χ2v) is 7.77. The Bertz CT molecular complexity index is 1190. The van der Waals surface area contributed by atoms with Crippen LogP contribution < -0.4 is 0 Å². The maximum atomic E-state index is 13.6. The van der Waals surface area contributed by atoms with Crippen LogP contribution in [-0.2, 0) is 17.4 Å². The fourth-order valence-electron chi connectivity index (χ4n) is 3.11. The first-order valence-electron chi connectivity index (χ1n) is 8.70. The molecule has 152 valence electrons. The highest BCUT2D eigenvalue weighted by atomic mass is 32.1. The maximum Gasteiger partial charge on any atom is 0.422 e. The Morgan fingerprint density at radius 2 is 2.00 bits per heavy atom. The number of methoxy groups -OCH3 is 1. The molecule has 0 saturated heterocycles.